The lowest BCUT2D eigenvalue weighted by Gasteiger charge is -2.24. The Bertz CT molecular complexity index is 454. The normalized spacial score (nSPS) is 27.5. The van der Waals surface area contributed by atoms with E-state index in [4.69, 9.17) is 4.42 Å². The number of hydrogen-bond acceptors (Lipinski definition) is 4. The summed E-state index contributed by atoms with van der Waals surface area (Å²) in [4.78, 5) is 11.4. The zero-order chi connectivity index (χ0) is 14.7. The lowest BCUT2D eigenvalue weighted by molar-refractivity contribution is 0.0562. The van der Waals surface area contributed by atoms with Crippen LogP contribution in [-0.4, -0.2) is 19.1 Å². The van der Waals surface area contributed by atoms with Gasteiger partial charge in [0.25, 0.3) is 0 Å². The van der Waals surface area contributed by atoms with Crippen LogP contribution in [0.1, 0.15) is 62.4 Å². The smallest absolute Gasteiger partial charge is 0.373 e. The first kappa shape index (κ1) is 15.1. The molecule has 4 heteroatoms. The second-order valence-corrected chi connectivity index (χ2v) is 5.79. The molecule has 1 N–H and O–H groups in total. The molecule has 0 bridgehead atoms. The van der Waals surface area contributed by atoms with Gasteiger partial charge >= 0.3 is 5.97 Å². The maximum absolute atomic E-state index is 11.4. The molecule has 1 saturated carbocycles. The van der Waals surface area contributed by atoms with E-state index in [1.54, 1.807) is 6.07 Å². The van der Waals surface area contributed by atoms with Gasteiger partial charge < -0.3 is 14.5 Å². The zero-order valence-corrected chi connectivity index (χ0v) is 12.8. The highest BCUT2D eigenvalue weighted by Gasteiger charge is 2.32. The summed E-state index contributed by atoms with van der Waals surface area (Å²) in [5, 5.41) is 3.63. The van der Waals surface area contributed by atoms with Crippen LogP contribution in [0.15, 0.2) is 16.5 Å². The van der Waals surface area contributed by atoms with Gasteiger partial charge in [-0.15, -0.1) is 0 Å². The van der Waals surface area contributed by atoms with Gasteiger partial charge in [-0.2, -0.15) is 0 Å². The van der Waals surface area contributed by atoms with E-state index in [-0.39, 0.29) is 11.8 Å². The minimum absolute atomic E-state index is 0.108. The molecule has 4 atom stereocenters. The zero-order valence-electron chi connectivity index (χ0n) is 12.8. The Labute approximate surface area is 120 Å². The average Bonchev–Trinajstić information content (AvgIpc) is 3.06. The molecule has 2 rings (SSSR count). The predicted octanol–water partition coefficient (Wildman–Crippen LogP) is 3.54. The number of furan rings is 1. The topological polar surface area (TPSA) is 51.5 Å². The Balaban J connectivity index is 1.96. The predicted molar refractivity (Wildman–Crippen MR) is 77.6 cm³/mol. The van der Waals surface area contributed by atoms with Crippen LogP contribution in [0.5, 0.6) is 0 Å². The van der Waals surface area contributed by atoms with Gasteiger partial charge in [-0.3, -0.25) is 0 Å². The molecule has 0 radical (unpaired) electrons. The molecular formula is C16H25NO3. The molecule has 0 spiro atoms. The van der Waals surface area contributed by atoms with Crippen molar-refractivity contribution in [2.75, 3.05) is 7.11 Å². The van der Waals surface area contributed by atoms with Gasteiger partial charge in [0.2, 0.25) is 5.76 Å². The summed E-state index contributed by atoms with van der Waals surface area (Å²) in [6.07, 6.45) is 3.77. The van der Waals surface area contributed by atoms with Gasteiger partial charge in [-0.1, -0.05) is 20.3 Å². The third kappa shape index (κ3) is 3.06. The lowest BCUT2D eigenvalue weighted by atomic mass is 9.93. The summed E-state index contributed by atoms with van der Waals surface area (Å²) in [7, 11) is 1.36. The number of nitrogens with one attached hydrogen (secondary N) is 1. The summed E-state index contributed by atoms with van der Waals surface area (Å²) in [6, 6.07) is 4.16. The highest BCUT2D eigenvalue weighted by Crippen LogP contribution is 2.35. The molecular weight excluding hydrogens is 254 g/mol. The maximum atomic E-state index is 11.4. The maximum Gasteiger partial charge on any atom is 0.373 e. The Morgan fingerprint density at radius 2 is 2.25 bits per heavy atom. The number of ether oxygens (including phenoxy) is 1. The molecule has 1 aromatic rings. The van der Waals surface area contributed by atoms with Crippen LogP contribution in [-0.2, 0) is 4.74 Å². The third-order valence-corrected chi connectivity index (χ3v) is 4.66. The van der Waals surface area contributed by atoms with Gasteiger partial charge in [0.1, 0.15) is 5.76 Å². The molecule has 1 aliphatic rings. The quantitative estimate of drug-likeness (QED) is 0.838. The first-order valence-corrected chi connectivity index (χ1v) is 7.50. The van der Waals surface area contributed by atoms with Crippen LogP contribution in [0.3, 0.4) is 0 Å². The molecule has 1 fully saturated rings. The monoisotopic (exact) mass is 279 g/mol. The minimum Gasteiger partial charge on any atom is -0.463 e. The molecule has 1 aliphatic carbocycles. The first-order chi connectivity index (χ1) is 9.56. The van der Waals surface area contributed by atoms with Crippen LogP contribution in [0.2, 0.25) is 0 Å². The van der Waals surface area contributed by atoms with E-state index in [1.807, 2.05) is 6.07 Å². The number of methoxy groups -OCH3 is 1. The summed E-state index contributed by atoms with van der Waals surface area (Å²) >= 11 is 0. The molecule has 0 saturated heterocycles. The van der Waals surface area contributed by atoms with Crippen molar-refractivity contribution in [2.45, 2.75) is 52.1 Å². The second kappa shape index (κ2) is 6.44. The van der Waals surface area contributed by atoms with E-state index in [2.05, 4.69) is 30.8 Å². The summed E-state index contributed by atoms with van der Waals surface area (Å²) in [5.74, 6) is 2.14. The van der Waals surface area contributed by atoms with E-state index in [0.717, 1.165) is 11.7 Å². The highest BCUT2D eigenvalue weighted by atomic mass is 16.5. The van der Waals surface area contributed by atoms with Crippen molar-refractivity contribution in [3.05, 3.63) is 23.7 Å². The van der Waals surface area contributed by atoms with Crippen molar-refractivity contribution in [1.29, 1.82) is 0 Å². The molecule has 0 aromatic carbocycles. The molecule has 112 valence electrons. The standard InChI is InChI=1S/C16H25NO3/c1-5-12-6-7-13(10(12)2)17-11(3)14-8-9-15(20-14)16(18)19-4/h8-13,17H,5-7H2,1-4H3. The third-order valence-electron chi connectivity index (χ3n) is 4.66. The molecule has 1 aromatic heterocycles. The summed E-state index contributed by atoms with van der Waals surface area (Å²) in [6.45, 7) is 6.67. The van der Waals surface area contributed by atoms with Gasteiger partial charge in [0.05, 0.1) is 13.2 Å². The van der Waals surface area contributed by atoms with Gasteiger partial charge in [-0.05, 0) is 43.7 Å². The number of hydrogen-bond donors (Lipinski definition) is 1. The number of carbonyl (C=O) groups is 1. The number of carbonyl (C=O) groups excluding carboxylic acids is 1. The van der Waals surface area contributed by atoms with Gasteiger partial charge in [-0.25, -0.2) is 4.79 Å². The first-order valence-electron chi connectivity index (χ1n) is 7.50. The summed E-state index contributed by atoms with van der Waals surface area (Å²) in [5.41, 5.74) is 0. The van der Waals surface area contributed by atoms with Crippen molar-refractivity contribution in [3.8, 4) is 0 Å². The van der Waals surface area contributed by atoms with Crippen molar-refractivity contribution in [3.63, 3.8) is 0 Å². The van der Waals surface area contributed by atoms with E-state index in [1.165, 1.54) is 26.4 Å². The Kier molecular flexibility index (Phi) is 4.86. The van der Waals surface area contributed by atoms with E-state index < -0.39 is 5.97 Å². The van der Waals surface area contributed by atoms with E-state index >= 15 is 0 Å². The largest absolute Gasteiger partial charge is 0.463 e. The second-order valence-electron chi connectivity index (χ2n) is 5.79. The molecule has 1 heterocycles. The van der Waals surface area contributed by atoms with Crippen molar-refractivity contribution in [1.82, 2.24) is 5.32 Å². The van der Waals surface area contributed by atoms with Crippen molar-refractivity contribution in [2.24, 2.45) is 11.8 Å². The molecule has 4 nitrogen and oxygen atoms in total. The van der Waals surface area contributed by atoms with Crippen LogP contribution < -0.4 is 5.32 Å². The fourth-order valence-corrected chi connectivity index (χ4v) is 3.26. The Hall–Kier alpha value is -1.29. The van der Waals surface area contributed by atoms with Crippen molar-refractivity contribution >= 4 is 5.97 Å². The fraction of sp³-hybridized carbons (Fsp3) is 0.688. The van der Waals surface area contributed by atoms with Crippen LogP contribution in [0, 0.1) is 11.8 Å². The van der Waals surface area contributed by atoms with Crippen molar-refractivity contribution < 1.29 is 13.9 Å². The lowest BCUT2D eigenvalue weighted by Crippen LogP contribution is -2.34. The molecule has 4 unspecified atom stereocenters. The Morgan fingerprint density at radius 1 is 1.50 bits per heavy atom. The van der Waals surface area contributed by atoms with Gasteiger partial charge in [0.15, 0.2) is 0 Å². The number of esters is 1. The van der Waals surface area contributed by atoms with Crippen LogP contribution in [0.25, 0.3) is 0 Å². The van der Waals surface area contributed by atoms with Crippen LogP contribution >= 0.6 is 0 Å². The van der Waals surface area contributed by atoms with Crippen LogP contribution in [0.4, 0.5) is 0 Å². The minimum atomic E-state index is -0.427. The molecule has 0 aliphatic heterocycles. The fourth-order valence-electron chi connectivity index (χ4n) is 3.26. The molecule has 0 amide bonds. The van der Waals surface area contributed by atoms with Gasteiger partial charge in [0, 0.05) is 6.04 Å². The van der Waals surface area contributed by atoms with E-state index in [9.17, 15) is 4.79 Å². The highest BCUT2D eigenvalue weighted by molar-refractivity contribution is 5.86. The summed E-state index contributed by atoms with van der Waals surface area (Å²) < 4.78 is 10.2. The average molecular weight is 279 g/mol. The van der Waals surface area contributed by atoms with E-state index in [0.29, 0.717) is 12.0 Å². The Morgan fingerprint density at radius 3 is 2.85 bits per heavy atom. The number of rotatable bonds is 5. The molecule has 20 heavy (non-hydrogen) atoms. The SMILES string of the molecule is CCC1CCC(NC(C)c2ccc(C(=O)OC)o2)C1C.